The van der Waals surface area contributed by atoms with Crippen LogP contribution in [-0.4, -0.2) is 19.7 Å². The number of hydrogen-bond donors (Lipinski definition) is 2. The molecule has 0 spiro atoms. The van der Waals surface area contributed by atoms with Crippen LogP contribution in [-0.2, 0) is 11.8 Å². The zero-order valence-electron chi connectivity index (χ0n) is 12.8. The molecule has 2 heterocycles. The number of halogens is 3. The Hall–Kier alpha value is -2.61. The number of rotatable bonds is 2. The Bertz CT molecular complexity index is 948. The van der Waals surface area contributed by atoms with Gasteiger partial charge in [0.1, 0.15) is 5.52 Å². The van der Waals surface area contributed by atoms with Crippen LogP contribution >= 0.6 is 0 Å². The van der Waals surface area contributed by atoms with Crippen molar-refractivity contribution < 1.29 is 18.3 Å². The molecule has 0 fully saturated rings. The monoisotopic (exact) mass is 337 g/mol. The van der Waals surface area contributed by atoms with Crippen LogP contribution in [0.1, 0.15) is 25.1 Å². The number of H-pyrrole nitrogens is 1. The second-order valence-corrected chi connectivity index (χ2v) is 5.99. The van der Waals surface area contributed by atoms with Gasteiger partial charge in [-0.05, 0) is 25.0 Å². The van der Waals surface area contributed by atoms with E-state index >= 15 is 0 Å². The average Bonchev–Trinajstić information content (AvgIpc) is 2.91. The van der Waals surface area contributed by atoms with Crippen molar-refractivity contribution in [2.45, 2.75) is 25.6 Å². The molecule has 8 heteroatoms. The van der Waals surface area contributed by atoms with E-state index in [1.54, 1.807) is 38.1 Å². The Morgan fingerprint density at radius 2 is 1.79 bits per heavy atom. The number of aromatic nitrogens is 3. The molecule has 0 amide bonds. The van der Waals surface area contributed by atoms with Crippen LogP contribution < -0.4 is 5.56 Å². The summed E-state index contributed by atoms with van der Waals surface area (Å²) in [6.45, 7) is 3.27. The van der Waals surface area contributed by atoms with Crippen molar-refractivity contribution >= 4 is 5.52 Å². The van der Waals surface area contributed by atoms with Gasteiger partial charge in [-0.15, -0.1) is 0 Å². The minimum absolute atomic E-state index is 0.181. The third-order valence-electron chi connectivity index (χ3n) is 3.66. The van der Waals surface area contributed by atoms with E-state index in [0.29, 0.717) is 22.9 Å². The first kappa shape index (κ1) is 16.3. The molecule has 5 nitrogen and oxygen atoms in total. The van der Waals surface area contributed by atoms with Gasteiger partial charge in [-0.3, -0.25) is 4.79 Å². The van der Waals surface area contributed by atoms with Crippen molar-refractivity contribution in [2.75, 3.05) is 0 Å². The van der Waals surface area contributed by atoms with Crippen molar-refractivity contribution in [1.29, 1.82) is 0 Å². The molecule has 1 aromatic carbocycles. The molecule has 0 saturated heterocycles. The maximum atomic E-state index is 12.7. The number of nitrogens with zero attached hydrogens (tertiary/aromatic N) is 2. The van der Waals surface area contributed by atoms with Crippen molar-refractivity contribution in [3.63, 3.8) is 0 Å². The van der Waals surface area contributed by atoms with E-state index in [-0.39, 0.29) is 5.52 Å². The molecule has 0 aliphatic carbocycles. The lowest BCUT2D eigenvalue weighted by molar-refractivity contribution is -0.141. The van der Waals surface area contributed by atoms with Crippen molar-refractivity contribution in [2.24, 2.45) is 0 Å². The van der Waals surface area contributed by atoms with Gasteiger partial charge in [-0.2, -0.15) is 18.3 Å². The SMILES string of the molecule is CC(C)(O)c1ccc(-c2cn3nc(C(F)(F)F)cc3c(=O)[nH]2)cc1. The van der Waals surface area contributed by atoms with Crippen LogP contribution in [0.25, 0.3) is 16.8 Å². The highest BCUT2D eigenvalue weighted by molar-refractivity contribution is 5.61. The Kier molecular flexibility index (Phi) is 3.52. The summed E-state index contributed by atoms with van der Waals surface area (Å²) in [5, 5.41) is 13.4. The number of benzene rings is 1. The molecule has 3 rings (SSSR count). The quantitative estimate of drug-likeness (QED) is 0.755. The summed E-state index contributed by atoms with van der Waals surface area (Å²) >= 11 is 0. The maximum absolute atomic E-state index is 12.7. The van der Waals surface area contributed by atoms with E-state index in [9.17, 15) is 23.1 Å². The summed E-state index contributed by atoms with van der Waals surface area (Å²) < 4.78 is 39.1. The van der Waals surface area contributed by atoms with Gasteiger partial charge in [0, 0.05) is 6.07 Å². The van der Waals surface area contributed by atoms with Crippen LogP contribution in [0.5, 0.6) is 0 Å². The fourth-order valence-electron chi connectivity index (χ4n) is 2.35. The number of nitrogens with one attached hydrogen (secondary N) is 1. The lowest BCUT2D eigenvalue weighted by atomic mass is 9.97. The summed E-state index contributed by atoms with van der Waals surface area (Å²) in [6, 6.07) is 7.40. The van der Waals surface area contributed by atoms with E-state index in [4.69, 9.17) is 0 Å². The van der Waals surface area contributed by atoms with Crippen molar-refractivity contribution in [1.82, 2.24) is 14.6 Å². The highest BCUT2D eigenvalue weighted by Crippen LogP contribution is 2.28. The predicted octanol–water partition coefficient (Wildman–Crippen LogP) is 2.94. The fraction of sp³-hybridized carbons (Fsp3) is 0.250. The predicted molar refractivity (Wildman–Crippen MR) is 81.5 cm³/mol. The van der Waals surface area contributed by atoms with Crippen LogP contribution in [0.15, 0.2) is 41.3 Å². The van der Waals surface area contributed by atoms with Gasteiger partial charge in [-0.1, -0.05) is 24.3 Å². The Morgan fingerprint density at radius 3 is 2.33 bits per heavy atom. The van der Waals surface area contributed by atoms with Gasteiger partial charge in [0.25, 0.3) is 5.56 Å². The second kappa shape index (κ2) is 5.20. The van der Waals surface area contributed by atoms with Crippen LogP contribution in [0.4, 0.5) is 13.2 Å². The minimum atomic E-state index is -4.62. The molecule has 0 atom stereocenters. The van der Waals surface area contributed by atoms with Crippen molar-refractivity contribution in [3.05, 3.63) is 58.1 Å². The number of aromatic amines is 1. The third-order valence-corrected chi connectivity index (χ3v) is 3.66. The molecule has 2 aromatic heterocycles. The van der Waals surface area contributed by atoms with E-state index in [1.807, 2.05) is 0 Å². The Balaban J connectivity index is 2.09. The van der Waals surface area contributed by atoms with Gasteiger partial charge in [0.05, 0.1) is 17.5 Å². The Morgan fingerprint density at radius 1 is 1.17 bits per heavy atom. The van der Waals surface area contributed by atoms with Crippen LogP contribution in [0.3, 0.4) is 0 Å². The topological polar surface area (TPSA) is 70.4 Å². The van der Waals surface area contributed by atoms with Crippen molar-refractivity contribution in [3.8, 4) is 11.3 Å². The molecule has 0 bridgehead atoms. The van der Waals surface area contributed by atoms with Gasteiger partial charge < -0.3 is 10.1 Å². The van der Waals surface area contributed by atoms with Gasteiger partial charge in [-0.25, -0.2) is 4.52 Å². The highest BCUT2D eigenvalue weighted by Gasteiger charge is 2.34. The van der Waals surface area contributed by atoms with E-state index in [0.717, 1.165) is 4.52 Å². The zero-order chi connectivity index (χ0) is 17.7. The summed E-state index contributed by atoms with van der Waals surface area (Å²) in [6.07, 6.45) is -3.29. The first-order chi connectivity index (χ1) is 11.1. The first-order valence-corrected chi connectivity index (χ1v) is 7.09. The molecule has 0 unspecified atom stereocenters. The lowest BCUT2D eigenvalue weighted by Gasteiger charge is -2.17. The number of fused-ring (bicyclic) bond motifs is 1. The number of hydrogen-bond acceptors (Lipinski definition) is 3. The normalized spacial score (nSPS) is 12.8. The average molecular weight is 337 g/mol. The summed E-state index contributed by atoms with van der Waals surface area (Å²) in [5.41, 5.74) is -1.39. The molecular weight excluding hydrogens is 323 g/mol. The molecule has 24 heavy (non-hydrogen) atoms. The standard InChI is InChI=1S/C16H14F3N3O2/c1-15(2,24)10-5-3-9(4-6-10)11-8-22-12(14(23)20-11)7-13(21-22)16(17,18)19/h3-8,24H,1-2H3,(H,20,23). The molecule has 126 valence electrons. The zero-order valence-corrected chi connectivity index (χ0v) is 12.8. The van der Waals surface area contributed by atoms with Gasteiger partial charge in [0.2, 0.25) is 0 Å². The van der Waals surface area contributed by atoms with E-state index in [2.05, 4.69) is 10.1 Å². The van der Waals surface area contributed by atoms with E-state index < -0.39 is 23.0 Å². The first-order valence-electron chi connectivity index (χ1n) is 7.09. The largest absolute Gasteiger partial charge is 0.435 e. The summed E-state index contributed by atoms with van der Waals surface area (Å²) in [4.78, 5) is 14.6. The second-order valence-electron chi connectivity index (χ2n) is 5.99. The number of alkyl halides is 3. The molecule has 0 radical (unpaired) electrons. The molecule has 0 saturated carbocycles. The van der Waals surface area contributed by atoms with Crippen LogP contribution in [0, 0.1) is 0 Å². The van der Waals surface area contributed by atoms with E-state index in [1.165, 1.54) is 6.20 Å². The van der Waals surface area contributed by atoms with Gasteiger partial charge >= 0.3 is 6.18 Å². The molecular formula is C16H14F3N3O2. The molecule has 3 aromatic rings. The third kappa shape index (κ3) is 2.92. The molecule has 2 N–H and O–H groups in total. The maximum Gasteiger partial charge on any atom is 0.435 e. The lowest BCUT2D eigenvalue weighted by Crippen LogP contribution is -2.15. The fourth-order valence-corrected chi connectivity index (χ4v) is 2.35. The smallest absolute Gasteiger partial charge is 0.386 e. The highest BCUT2D eigenvalue weighted by atomic mass is 19.4. The molecule has 0 aliphatic rings. The number of aliphatic hydroxyl groups is 1. The molecule has 0 aliphatic heterocycles. The van der Waals surface area contributed by atoms with Gasteiger partial charge in [0.15, 0.2) is 5.69 Å². The van der Waals surface area contributed by atoms with Crippen LogP contribution in [0.2, 0.25) is 0 Å². The minimum Gasteiger partial charge on any atom is -0.386 e. The Labute approximate surface area is 134 Å². The summed E-state index contributed by atoms with van der Waals surface area (Å²) in [7, 11) is 0. The summed E-state index contributed by atoms with van der Waals surface area (Å²) in [5.74, 6) is 0.